The van der Waals surface area contributed by atoms with E-state index >= 15 is 0 Å². The Morgan fingerprint density at radius 1 is 0.926 bits per heavy atom. The van der Waals surface area contributed by atoms with Gasteiger partial charge in [0, 0.05) is 42.8 Å². The zero-order valence-corrected chi connectivity index (χ0v) is 15.1. The lowest BCUT2D eigenvalue weighted by atomic mass is 10.2. The number of nitrogens with one attached hydrogen (secondary N) is 2. The highest BCUT2D eigenvalue weighted by Gasteiger charge is 2.14. The van der Waals surface area contributed by atoms with Crippen LogP contribution in [0.1, 0.15) is 17.3 Å². The smallest absolute Gasteiger partial charge is 0.258 e. The molecule has 27 heavy (non-hydrogen) atoms. The third kappa shape index (κ3) is 4.70. The van der Waals surface area contributed by atoms with Crippen LogP contribution < -0.4 is 15.5 Å². The molecule has 3 aromatic rings. The summed E-state index contributed by atoms with van der Waals surface area (Å²) in [5.41, 5.74) is 2.78. The molecule has 2 amide bonds. The highest BCUT2D eigenvalue weighted by Crippen LogP contribution is 2.21. The van der Waals surface area contributed by atoms with Gasteiger partial charge in [-0.1, -0.05) is 24.3 Å². The summed E-state index contributed by atoms with van der Waals surface area (Å²) in [6.45, 7) is 1.46. The van der Waals surface area contributed by atoms with Gasteiger partial charge < -0.3 is 15.5 Å². The minimum atomic E-state index is -0.137. The van der Waals surface area contributed by atoms with Crippen LogP contribution in [0.4, 0.5) is 22.9 Å². The molecule has 0 fully saturated rings. The van der Waals surface area contributed by atoms with E-state index in [1.165, 1.54) is 6.92 Å². The molecule has 2 N–H and O–H groups in total. The molecule has 0 radical (unpaired) electrons. The molecule has 0 unspecified atom stereocenters. The number of aromatic nitrogens is 1. The molecule has 0 aliphatic heterocycles. The highest BCUT2D eigenvalue weighted by atomic mass is 16.2. The number of amides is 2. The zero-order valence-electron chi connectivity index (χ0n) is 15.1. The first-order valence-electron chi connectivity index (χ1n) is 8.47. The van der Waals surface area contributed by atoms with Gasteiger partial charge in [0.05, 0.1) is 0 Å². The highest BCUT2D eigenvalue weighted by molar-refractivity contribution is 6.06. The summed E-state index contributed by atoms with van der Waals surface area (Å²) < 4.78 is 0. The molecule has 136 valence electrons. The molecular formula is C21H20N4O2. The first-order valence-corrected chi connectivity index (χ1v) is 8.47. The van der Waals surface area contributed by atoms with E-state index in [0.29, 0.717) is 17.1 Å². The van der Waals surface area contributed by atoms with Crippen LogP contribution in [0.25, 0.3) is 0 Å². The third-order valence-corrected chi connectivity index (χ3v) is 3.91. The quantitative estimate of drug-likeness (QED) is 0.719. The molecule has 0 aliphatic rings. The van der Waals surface area contributed by atoms with Crippen LogP contribution in [0, 0.1) is 0 Å². The Balaban J connectivity index is 1.78. The van der Waals surface area contributed by atoms with Gasteiger partial charge in [0.2, 0.25) is 5.91 Å². The number of anilines is 4. The Bertz CT molecular complexity index is 957. The van der Waals surface area contributed by atoms with Gasteiger partial charge in [0.15, 0.2) is 0 Å². The molecule has 0 bridgehead atoms. The first-order chi connectivity index (χ1) is 13.0. The van der Waals surface area contributed by atoms with Crippen LogP contribution in [0.5, 0.6) is 0 Å². The lowest BCUT2D eigenvalue weighted by Crippen LogP contribution is -2.26. The number of hydrogen-bond donors (Lipinski definition) is 2. The van der Waals surface area contributed by atoms with Crippen molar-refractivity contribution in [3.05, 3.63) is 78.5 Å². The number of carbonyl (C=O) groups is 2. The molecule has 1 aromatic heterocycles. The van der Waals surface area contributed by atoms with E-state index in [1.807, 2.05) is 42.5 Å². The predicted octanol–water partition coefficient (Wildman–Crippen LogP) is 4.06. The van der Waals surface area contributed by atoms with Crippen LogP contribution in [-0.4, -0.2) is 23.8 Å². The molecule has 6 heteroatoms. The molecule has 2 aromatic carbocycles. The third-order valence-electron chi connectivity index (χ3n) is 3.91. The van der Waals surface area contributed by atoms with Gasteiger partial charge >= 0.3 is 0 Å². The zero-order chi connectivity index (χ0) is 19.2. The van der Waals surface area contributed by atoms with E-state index in [4.69, 9.17) is 0 Å². The van der Waals surface area contributed by atoms with E-state index < -0.39 is 0 Å². The van der Waals surface area contributed by atoms with Gasteiger partial charge in [-0.05, 0) is 42.5 Å². The van der Waals surface area contributed by atoms with Crippen LogP contribution in [0.3, 0.4) is 0 Å². The average molecular weight is 360 g/mol. The molecule has 0 spiro atoms. The number of pyridine rings is 1. The molecular weight excluding hydrogens is 340 g/mol. The van der Waals surface area contributed by atoms with E-state index in [2.05, 4.69) is 15.6 Å². The number of rotatable bonds is 5. The molecule has 0 atom stereocenters. The predicted molar refractivity (Wildman–Crippen MR) is 107 cm³/mol. The van der Waals surface area contributed by atoms with Gasteiger partial charge in [-0.2, -0.15) is 0 Å². The fourth-order valence-corrected chi connectivity index (χ4v) is 2.62. The number of benzene rings is 2. The monoisotopic (exact) mass is 360 g/mol. The van der Waals surface area contributed by atoms with Gasteiger partial charge in [0.25, 0.3) is 5.91 Å². The second-order valence-electron chi connectivity index (χ2n) is 6.02. The normalized spacial score (nSPS) is 10.1. The van der Waals surface area contributed by atoms with Crippen molar-refractivity contribution >= 4 is 34.7 Å². The molecule has 0 saturated heterocycles. The van der Waals surface area contributed by atoms with E-state index in [-0.39, 0.29) is 11.8 Å². The fraction of sp³-hybridized carbons (Fsp3) is 0.0952. The lowest BCUT2D eigenvalue weighted by Gasteiger charge is -2.17. The number of nitrogens with zero attached hydrogens (tertiary/aromatic N) is 2. The second kappa shape index (κ2) is 8.14. The van der Waals surface area contributed by atoms with Crippen LogP contribution >= 0.6 is 0 Å². The summed E-state index contributed by atoms with van der Waals surface area (Å²) in [6, 6.07) is 20.1. The molecule has 0 saturated carbocycles. The van der Waals surface area contributed by atoms with Crippen molar-refractivity contribution in [1.82, 2.24) is 4.98 Å². The van der Waals surface area contributed by atoms with Crippen LogP contribution in [0.15, 0.2) is 72.9 Å². The summed E-state index contributed by atoms with van der Waals surface area (Å²) in [6.07, 6.45) is 1.59. The van der Waals surface area contributed by atoms with Crippen molar-refractivity contribution in [2.24, 2.45) is 0 Å². The maximum absolute atomic E-state index is 12.7. The summed E-state index contributed by atoms with van der Waals surface area (Å²) in [5.74, 6) is 0.280. The van der Waals surface area contributed by atoms with Crippen LogP contribution in [0.2, 0.25) is 0 Å². The summed E-state index contributed by atoms with van der Waals surface area (Å²) in [4.78, 5) is 29.8. The fourth-order valence-electron chi connectivity index (χ4n) is 2.62. The Morgan fingerprint density at radius 2 is 1.67 bits per heavy atom. The molecule has 3 rings (SSSR count). The minimum Gasteiger partial charge on any atom is -0.340 e. The summed E-state index contributed by atoms with van der Waals surface area (Å²) >= 11 is 0. The van der Waals surface area contributed by atoms with Gasteiger partial charge in [-0.25, -0.2) is 4.98 Å². The molecule has 0 aliphatic carbocycles. The van der Waals surface area contributed by atoms with Crippen molar-refractivity contribution < 1.29 is 9.59 Å². The van der Waals surface area contributed by atoms with E-state index in [0.717, 1.165) is 11.4 Å². The van der Waals surface area contributed by atoms with Crippen molar-refractivity contribution in [2.45, 2.75) is 6.92 Å². The topological polar surface area (TPSA) is 74.3 Å². The SMILES string of the molecule is CC(=O)Nc1cccc(Nc2cc(C(=O)N(C)c3ccccc3)ccn2)c1. The number of carbonyl (C=O) groups excluding carboxylic acids is 2. The van der Waals surface area contributed by atoms with Gasteiger partial charge in [-0.15, -0.1) is 0 Å². The number of para-hydroxylation sites is 1. The largest absolute Gasteiger partial charge is 0.340 e. The van der Waals surface area contributed by atoms with Crippen molar-refractivity contribution in [3.63, 3.8) is 0 Å². The van der Waals surface area contributed by atoms with Crippen molar-refractivity contribution in [2.75, 3.05) is 22.6 Å². The number of hydrogen-bond acceptors (Lipinski definition) is 4. The minimum absolute atomic E-state index is 0.126. The van der Waals surface area contributed by atoms with E-state index in [1.54, 1.807) is 42.4 Å². The Kier molecular flexibility index (Phi) is 5.47. The van der Waals surface area contributed by atoms with Crippen LogP contribution in [-0.2, 0) is 4.79 Å². The first kappa shape index (κ1) is 18.1. The molecule has 1 heterocycles. The maximum Gasteiger partial charge on any atom is 0.258 e. The average Bonchev–Trinajstić information content (AvgIpc) is 2.67. The Morgan fingerprint density at radius 3 is 2.41 bits per heavy atom. The van der Waals surface area contributed by atoms with Crippen molar-refractivity contribution in [3.8, 4) is 0 Å². The van der Waals surface area contributed by atoms with Crippen molar-refractivity contribution in [1.29, 1.82) is 0 Å². The second-order valence-corrected chi connectivity index (χ2v) is 6.02. The summed E-state index contributed by atoms with van der Waals surface area (Å²) in [5, 5.41) is 5.89. The standard InChI is InChI=1S/C21H20N4O2/c1-15(26)23-17-7-6-8-18(14-17)24-20-13-16(11-12-22-20)21(27)25(2)19-9-4-3-5-10-19/h3-14H,1-2H3,(H,22,24)(H,23,26). The Labute approximate surface area is 157 Å². The lowest BCUT2D eigenvalue weighted by molar-refractivity contribution is -0.114. The maximum atomic E-state index is 12.7. The summed E-state index contributed by atoms with van der Waals surface area (Å²) in [7, 11) is 1.74. The molecule has 6 nitrogen and oxygen atoms in total. The Hall–Kier alpha value is -3.67. The van der Waals surface area contributed by atoms with Gasteiger partial charge in [-0.3, -0.25) is 9.59 Å². The van der Waals surface area contributed by atoms with E-state index in [9.17, 15) is 9.59 Å². The van der Waals surface area contributed by atoms with Gasteiger partial charge in [0.1, 0.15) is 5.82 Å².